The molecule has 0 aromatic rings. The zero-order chi connectivity index (χ0) is 13.9. The molecule has 0 fully saturated rings. The van der Waals surface area contributed by atoms with Crippen molar-refractivity contribution in [3.05, 3.63) is 0 Å². The molecule has 18 heavy (non-hydrogen) atoms. The quantitative estimate of drug-likeness (QED) is 0.428. The third-order valence-electron chi connectivity index (χ3n) is 1.87. The molecule has 4 nitrogen and oxygen atoms in total. The van der Waals surface area contributed by atoms with Crippen molar-refractivity contribution < 1.29 is 32.1 Å². The minimum Gasteiger partial charge on any atom is -0.379 e. The number of alkyl halides is 3. The minimum atomic E-state index is -4.32. The van der Waals surface area contributed by atoms with Gasteiger partial charge >= 0.3 is 6.18 Å². The predicted molar refractivity (Wildman–Crippen MR) is 59.4 cm³/mol. The monoisotopic (exact) mass is 274 g/mol. The molecule has 0 unspecified atom stereocenters. The average molecular weight is 274 g/mol. The number of hydrogen-bond donors (Lipinski definition) is 0. The zero-order valence-corrected chi connectivity index (χ0v) is 10.8. The van der Waals surface area contributed by atoms with Crippen LogP contribution in [0.15, 0.2) is 0 Å². The highest BCUT2D eigenvalue weighted by molar-refractivity contribution is 4.55. The van der Waals surface area contributed by atoms with Gasteiger partial charge in [-0.3, -0.25) is 0 Å². The van der Waals surface area contributed by atoms with Crippen LogP contribution in [0.3, 0.4) is 0 Å². The summed E-state index contributed by atoms with van der Waals surface area (Å²) in [4.78, 5) is 0. The predicted octanol–water partition coefficient (Wildman–Crippen LogP) is 2.37. The molecule has 0 aliphatic rings. The zero-order valence-electron chi connectivity index (χ0n) is 10.8. The van der Waals surface area contributed by atoms with Gasteiger partial charge in [0.25, 0.3) is 0 Å². The fraction of sp³-hybridized carbons (Fsp3) is 1.00. The fourth-order valence-electron chi connectivity index (χ4n) is 1.12. The summed E-state index contributed by atoms with van der Waals surface area (Å²) in [7, 11) is 0. The van der Waals surface area contributed by atoms with Crippen LogP contribution in [0.4, 0.5) is 13.2 Å². The van der Waals surface area contributed by atoms with E-state index in [2.05, 4.69) is 0 Å². The Hall–Kier alpha value is -0.370. The van der Waals surface area contributed by atoms with E-state index in [1.807, 2.05) is 0 Å². The highest BCUT2D eigenvalue weighted by atomic mass is 19.4. The van der Waals surface area contributed by atoms with Gasteiger partial charge in [0, 0.05) is 13.2 Å². The molecule has 0 aliphatic heterocycles. The Labute approximate surface area is 105 Å². The highest BCUT2D eigenvalue weighted by Gasteiger charge is 2.33. The lowest BCUT2D eigenvalue weighted by molar-refractivity contribution is -0.226. The Morgan fingerprint density at radius 2 is 1.28 bits per heavy atom. The molecular weight excluding hydrogens is 253 g/mol. The van der Waals surface area contributed by atoms with E-state index in [9.17, 15) is 13.2 Å². The van der Waals surface area contributed by atoms with Crippen LogP contribution < -0.4 is 0 Å². The van der Waals surface area contributed by atoms with Gasteiger partial charge in [-0.1, -0.05) is 0 Å². The van der Waals surface area contributed by atoms with Crippen molar-refractivity contribution in [2.75, 3.05) is 39.6 Å². The normalized spacial score (nSPS) is 12.3. The first-order chi connectivity index (χ1) is 8.49. The van der Waals surface area contributed by atoms with Gasteiger partial charge in [-0.05, 0) is 13.8 Å². The lowest BCUT2D eigenvalue weighted by atomic mass is 10.4. The van der Waals surface area contributed by atoms with Crippen LogP contribution in [0.2, 0.25) is 0 Å². The Bertz CT molecular complexity index is 176. The molecule has 0 saturated carbocycles. The third kappa shape index (κ3) is 12.1. The summed E-state index contributed by atoms with van der Waals surface area (Å²) >= 11 is 0. The van der Waals surface area contributed by atoms with Gasteiger partial charge in [0.15, 0.2) is 6.29 Å². The van der Waals surface area contributed by atoms with Crippen LogP contribution in [0.5, 0.6) is 0 Å². The molecule has 0 aromatic heterocycles. The van der Waals surface area contributed by atoms with Crippen molar-refractivity contribution in [2.24, 2.45) is 0 Å². The summed E-state index contributed by atoms with van der Waals surface area (Å²) < 4.78 is 56.6. The van der Waals surface area contributed by atoms with E-state index in [1.54, 1.807) is 13.8 Å². The molecule has 110 valence electrons. The number of ether oxygens (including phenoxy) is 4. The summed E-state index contributed by atoms with van der Waals surface area (Å²) in [6.45, 7) is 5.24. The fourth-order valence-corrected chi connectivity index (χ4v) is 1.12. The van der Waals surface area contributed by atoms with Gasteiger partial charge in [-0.2, -0.15) is 13.2 Å². The molecule has 0 N–H and O–H groups in total. The molecule has 0 spiro atoms. The van der Waals surface area contributed by atoms with Crippen molar-refractivity contribution in [1.82, 2.24) is 0 Å². The van der Waals surface area contributed by atoms with Gasteiger partial charge in [0.05, 0.1) is 32.8 Å². The van der Waals surface area contributed by atoms with Gasteiger partial charge < -0.3 is 18.9 Å². The molecule has 0 aromatic carbocycles. The van der Waals surface area contributed by atoms with Gasteiger partial charge in [-0.15, -0.1) is 0 Å². The number of hydrogen-bond acceptors (Lipinski definition) is 4. The molecule has 7 heteroatoms. The van der Waals surface area contributed by atoms with Crippen molar-refractivity contribution in [1.29, 1.82) is 0 Å². The largest absolute Gasteiger partial charge is 0.393 e. The second-order valence-corrected chi connectivity index (χ2v) is 3.38. The molecule has 0 bridgehead atoms. The van der Waals surface area contributed by atoms with Crippen molar-refractivity contribution in [2.45, 2.75) is 32.7 Å². The summed E-state index contributed by atoms with van der Waals surface area (Å²) in [6.07, 6.45) is -6.75. The third-order valence-corrected chi connectivity index (χ3v) is 1.87. The van der Waals surface area contributed by atoms with E-state index in [0.717, 1.165) is 0 Å². The number of halogens is 3. The average Bonchev–Trinajstić information content (AvgIpc) is 2.28. The molecular formula is C11H21F3O4. The van der Waals surface area contributed by atoms with E-state index in [1.165, 1.54) is 0 Å². The summed E-state index contributed by atoms with van der Waals surface area (Å²) in [5.74, 6) is 0. The Kier molecular flexibility index (Phi) is 10.3. The van der Waals surface area contributed by atoms with Crippen LogP contribution >= 0.6 is 0 Å². The standard InChI is InChI=1S/C11H21F3O4/c1-3-15-5-7-17-10(9-11(12,13)14)18-8-6-16-4-2/h10H,3-9H2,1-2H3. The topological polar surface area (TPSA) is 36.9 Å². The van der Waals surface area contributed by atoms with E-state index in [0.29, 0.717) is 13.2 Å². The second kappa shape index (κ2) is 10.5. The molecule has 0 rings (SSSR count). The first-order valence-corrected chi connectivity index (χ1v) is 5.95. The van der Waals surface area contributed by atoms with E-state index >= 15 is 0 Å². The highest BCUT2D eigenvalue weighted by Crippen LogP contribution is 2.23. The maximum Gasteiger partial charge on any atom is 0.393 e. The Balaban J connectivity index is 3.85. The minimum absolute atomic E-state index is 0.0726. The van der Waals surface area contributed by atoms with Crippen molar-refractivity contribution in [3.63, 3.8) is 0 Å². The molecule has 0 saturated heterocycles. The maximum atomic E-state index is 12.2. The second-order valence-electron chi connectivity index (χ2n) is 3.38. The molecule has 0 aliphatic carbocycles. The Morgan fingerprint density at radius 1 is 0.833 bits per heavy atom. The SMILES string of the molecule is CCOCCOC(CC(F)(F)F)OCCOCC. The maximum absolute atomic E-state index is 12.2. The van der Waals surface area contributed by atoms with Crippen LogP contribution in [0.1, 0.15) is 20.3 Å². The lowest BCUT2D eigenvalue weighted by Gasteiger charge is -2.20. The Morgan fingerprint density at radius 3 is 1.61 bits per heavy atom. The van der Waals surface area contributed by atoms with Crippen LogP contribution in [-0.2, 0) is 18.9 Å². The van der Waals surface area contributed by atoms with Crippen LogP contribution in [0.25, 0.3) is 0 Å². The first-order valence-electron chi connectivity index (χ1n) is 5.95. The lowest BCUT2D eigenvalue weighted by Crippen LogP contribution is -2.28. The van der Waals surface area contributed by atoms with Crippen LogP contribution in [-0.4, -0.2) is 52.1 Å². The first kappa shape index (κ1) is 17.6. The molecule has 0 radical (unpaired) electrons. The van der Waals surface area contributed by atoms with Gasteiger partial charge in [-0.25, -0.2) is 0 Å². The van der Waals surface area contributed by atoms with Gasteiger partial charge in [0.1, 0.15) is 0 Å². The van der Waals surface area contributed by atoms with Gasteiger partial charge in [0.2, 0.25) is 0 Å². The summed E-state index contributed by atoms with van der Waals surface area (Å²) in [5, 5.41) is 0. The van der Waals surface area contributed by atoms with Crippen molar-refractivity contribution in [3.8, 4) is 0 Å². The molecule has 0 heterocycles. The number of rotatable bonds is 11. The summed E-state index contributed by atoms with van der Waals surface area (Å²) in [6, 6.07) is 0. The van der Waals surface area contributed by atoms with E-state index in [-0.39, 0.29) is 26.4 Å². The molecule has 0 atom stereocenters. The van der Waals surface area contributed by atoms with Crippen LogP contribution in [0, 0.1) is 0 Å². The van der Waals surface area contributed by atoms with Crippen molar-refractivity contribution >= 4 is 0 Å². The van der Waals surface area contributed by atoms with E-state index in [4.69, 9.17) is 18.9 Å². The van der Waals surface area contributed by atoms with E-state index < -0.39 is 18.9 Å². The summed E-state index contributed by atoms with van der Waals surface area (Å²) in [5.41, 5.74) is 0. The smallest absolute Gasteiger partial charge is 0.379 e. The molecule has 0 amide bonds.